The van der Waals surface area contributed by atoms with Gasteiger partial charge >= 0.3 is 5.97 Å². The van der Waals surface area contributed by atoms with Gasteiger partial charge in [0.15, 0.2) is 0 Å². The summed E-state index contributed by atoms with van der Waals surface area (Å²) in [5.74, 6) is 0.213. The number of rotatable bonds is 9. The van der Waals surface area contributed by atoms with Crippen LogP contribution in [0.4, 0.5) is 11.6 Å². The summed E-state index contributed by atoms with van der Waals surface area (Å²) in [6.07, 6.45) is 4.56. The van der Waals surface area contributed by atoms with Gasteiger partial charge < -0.3 is 19.9 Å². The normalized spacial score (nSPS) is 11.6. The lowest BCUT2D eigenvalue weighted by molar-refractivity contribution is 0.0697. The third kappa shape index (κ3) is 5.38. The molecule has 0 amide bonds. The van der Waals surface area contributed by atoms with Gasteiger partial charge in [-0.1, -0.05) is 17.7 Å². The van der Waals surface area contributed by atoms with Crippen LogP contribution in [-0.4, -0.2) is 54.5 Å². The summed E-state index contributed by atoms with van der Waals surface area (Å²) >= 11 is 6.32. The molecule has 0 aliphatic rings. The van der Waals surface area contributed by atoms with Crippen LogP contribution in [0.1, 0.15) is 17.3 Å². The zero-order valence-corrected chi connectivity index (χ0v) is 19.0. The van der Waals surface area contributed by atoms with E-state index in [-0.39, 0.29) is 17.6 Å². The number of carbonyl (C=O) groups is 1. The predicted molar refractivity (Wildman–Crippen MR) is 124 cm³/mol. The first-order valence-electron chi connectivity index (χ1n) is 10.1. The van der Waals surface area contributed by atoms with Crippen molar-refractivity contribution in [1.29, 1.82) is 0 Å². The van der Waals surface area contributed by atoms with Gasteiger partial charge in [0.1, 0.15) is 23.9 Å². The molecule has 12 heteroatoms. The molecule has 1 atom stereocenters. The number of aromatic nitrogens is 6. The van der Waals surface area contributed by atoms with E-state index in [1.165, 1.54) is 25.6 Å². The van der Waals surface area contributed by atoms with Crippen LogP contribution in [-0.2, 0) is 6.54 Å². The van der Waals surface area contributed by atoms with Crippen LogP contribution in [0.5, 0.6) is 11.5 Å². The highest BCUT2D eigenvalue weighted by Gasteiger charge is 2.13. The van der Waals surface area contributed by atoms with Crippen molar-refractivity contribution in [3.05, 3.63) is 65.7 Å². The molecule has 2 N–H and O–H groups in total. The van der Waals surface area contributed by atoms with Gasteiger partial charge in [0.2, 0.25) is 5.95 Å². The summed E-state index contributed by atoms with van der Waals surface area (Å²) in [6.45, 7) is 2.35. The molecule has 2 aromatic carbocycles. The number of benzene rings is 2. The van der Waals surface area contributed by atoms with Crippen LogP contribution in [0.15, 0.2) is 55.1 Å². The van der Waals surface area contributed by atoms with Crippen LogP contribution in [0.25, 0.3) is 11.1 Å². The van der Waals surface area contributed by atoms with Gasteiger partial charge in [0.25, 0.3) is 0 Å². The highest BCUT2D eigenvalue weighted by molar-refractivity contribution is 6.32. The lowest BCUT2D eigenvalue weighted by Crippen LogP contribution is -2.20. The number of anilines is 2. The molecule has 4 rings (SSSR count). The molecule has 0 aliphatic carbocycles. The van der Waals surface area contributed by atoms with Crippen molar-refractivity contribution in [2.24, 2.45) is 0 Å². The summed E-state index contributed by atoms with van der Waals surface area (Å²) in [5.41, 5.74) is 2.11. The Bertz CT molecular complexity index is 1280. The van der Waals surface area contributed by atoms with E-state index in [2.05, 4.69) is 30.8 Å². The first-order chi connectivity index (χ1) is 16.4. The van der Waals surface area contributed by atoms with Crippen molar-refractivity contribution in [1.82, 2.24) is 30.2 Å². The molecular formula is C22H20ClN7O4. The molecule has 0 saturated heterocycles. The Morgan fingerprint density at radius 2 is 1.94 bits per heavy atom. The first-order valence-corrected chi connectivity index (χ1v) is 10.5. The Balaban J connectivity index is 1.50. The Kier molecular flexibility index (Phi) is 6.83. The monoisotopic (exact) mass is 481 g/mol. The lowest BCUT2D eigenvalue weighted by Gasteiger charge is -2.16. The van der Waals surface area contributed by atoms with Crippen LogP contribution < -0.4 is 14.8 Å². The Morgan fingerprint density at radius 1 is 1.15 bits per heavy atom. The van der Waals surface area contributed by atoms with Gasteiger partial charge in [-0.25, -0.2) is 19.4 Å². The van der Waals surface area contributed by atoms with Crippen molar-refractivity contribution < 1.29 is 19.4 Å². The quantitative estimate of drug-likeness (QED) is 0.364. The fourth-order valence-corrected chi connectivity index (χ4v) is 3.32. The molecule has 0 unspecified atom stereocenters. The number of nitrogens with zero attached hydrogens (tertiary/aromatic N) is 6. The molecule has 2 aromatic heterocycles. The SMILES string of the molecule is COc1ccc(C(=O)O)cc1Nc1ncc(-c2ccc(Cl)c(O[C@@H](C)Cn3cnnn3)c2)cn1. The molecule has 0 aliphatic heterocycles. The Labute approximate surface area is 199 Å². The summed E-state index contributed by atoms with van der Waals surface area (Å²) in [6, 6.07) is 9.87. The maximum atomic E-state index is 11.3. The largest absolute Gasteiger partial charge is 0.495 e. The van der Waals surface area contributed by atoms with Crippen molar-refractivity contribution >= 4 is 29.2 Å². The number of hydrogen-bond acceptors (Lipinski definition) is 9. The molecule has 0 fully saturated rings. The molecule has 0 saturated carbocycles. The number of tetrazole rings is 1. The molecular weight excluding hydrogens is 462 g/mol. The summed E-state index contributed by atoms with van der Waals surface area (Å²) in [5, 5.41) is 23.7. The molecule has 11 nitrogen and oxygen atoms in total. The number of nitrogens with one attached hydrogen (secondary N) is 1. The van der Waals surface area contributed by atoms with Crippen LogP contribution >= 0.6 is 11.6 Å². The standard InChI is InChI=1S/C22H20ClN7O4/c1-13(11-30-12-26-28-29-30)34-20-8-14(3-5-17(20)23)16-9-24-22(25-10-16)27-18-7-15(21(31)32)4-6-19(18)33-2/h3-10,12-13H,11H2,1-2H3,(H,31,32)(H,24,25,27)/t13-/m0/s1. The third-order valence-electron chi connectivity index (χ3n) is 4.77. The number of carboxylic acid groups (broad SMARTS) is 1. The summed E-state index contributed by atoms with van der Waals surface area (Å²) in [7, 11) is 1.49. The maximum Gasteiger partial charge on any atom is 0.335 e. The summed E-state index contributed by atoms with van der Waals surface area (Å²) < 4.78 is 12.8. The Hall–Kier alpha value is -4.25. The topological polar surface area (TPSA) is 137 Å². The van der Waals surface area contributed by atoms with E-state index >= 15 is 0 Å². The molecule has 0 spiro atoms. The molecule has 34 heavy (non-hydrogen) atoms. The number of hydrogen-bond donors (Lipinski definition) is 2. The average molecular weight is 482 g/mol. The van der Waals surface area contributed by atoms with Crippen LogP contribution in [0.3, 0.4) is 0 Å². The number of aromatic carboxylic acids is 1. The smallest absolute Gasteiger partial charge is 0.335 e. The van der Waals surface area contributed by atoms with Crippen LogP contribution in [0.2, 0.25) is 5.02 Å². The Morgan fingerprint density at radius 3 is 2.62 bits per heavy atom. The van der Waals surface area contributed by atoms with E-state index in [0.29, 0.717) is 28.8 Å². The average Bonchev–Trinajstić information content (AvgIpc) is 3.34. The first kappa shape index (κ1) is 22.9. The maximum absolute atomic E-state index is 11.3. The second-order valence-electron chi connectivity index (χ2n) is 7.25. The van der Waals surface area contributed by atoms with Crippen molar-refractivity contribution in [3.8, 4) is 22.6 Å². The highest BCUT2D eigenvalue weighted by Crippen LogP contribution is 2.32. The van der Waals surface area contributed by atoms with E-state index in [4.69, 9.17) is 21.1 Å². The van der Waals surface area contributed by atoms with Crippen molar-refractivity contribution in [2.45, 2.75) is 19.6 Å². The number of methoxy groups -OCH3 is 1. The van der Waals surface area contributed by atoms with E-state index in [1.807, 2.05) is 19.1 Å². The minimum Gasteiger partial charge on any atom is -0.495 e. The second kappa shape index (κ2) is 10.1. The molecule has 4 aromatic rings. The van der Waals surface area contributed by atoms with Gasteiger partial charge in [0.05, 0.1) is 29.9 Å². The fraction of sp³-hybridized carbons (Fsp3) is 0.182. The number of halogens is 1. The van der Waals surface area contributed by atoms with Gasteiger partial charge in [-0.2, -0.15) is 0 Å². The number of ether oxygens (including phenoxy) is 2. The van der Waals surface area contributed by atoms with Gasteiger partial charge in [-0.15, -0.1) is 5.10 Å². The number of carboxylic acids is 1. The van der Waals surface area contributed by atoms with Gasteiger partial charge in [-0.05, 0) is 53.2 Å². The lowest BCUT2D eigenvalue weighted by atomic mass is 10.1. The fourth-order valence-electron chi connectivity index (χ4n) is 3.16. The van der Waals surface area contributed by atoms with Gasteiger partial charge in [0, 0.05) is 18.0 Å². The van der Waals surface area contributed by atoms with Crippen molar-refractivity contribution in [2.75, 3.05) is 12.4 Å². The summed E-state index contributed by atoms with van der Waals surface area (Å²) in [4.78, 5) is 20.0. The minimum atomic E-state index is -1.05. The minimum absolute atomic E-state index is 0.114. The van der Waals surface area contributed by atoms with Gasteiger partial charge in [-0.3, -0.25) is 0 Å². The zero-order valence-electron chi connectivity index (χ0n) is 18.2. The van der Waals surface area contributed by atoms with Crippen LogP contribution in [0, 0.1) is 0 Å². The second-order valence-corrected chi connectivity index (χ2v) is 7.65. The van der Waals surface area contributed by atoms with E-state index in [9.17, 15) is 9.90 Å². The van der Waals surface area contributed by atoms with E-state index in [1.54, 1.807) is 29.2 Å². The molecule has 174 valence electrons. The highest BCUT2D eigenvalue weighted by atomic mass is 35.5. The zero-order chi connectivity index (χ0) is 24.1. The predicted octanol–water partition coefficient (Wildman–Crippen LogP) is 3.70. The molecule has 0 radical (unpaired) electrons. The molecule has 0 bridgehead atoms. The van der Waals surface area contributed by atoms with Crippen molar-refractivity contribution in [3.63, 3.8) is 0 Å². The molecule has 2 heterocycles. The third-order valence-corrected chi connectivity index (χ3v) is 5.09. The van der Waals surface area contributed by atoms with E-state index < -0.39 is 5.97 Å². The van der Waals surface area contributed by atoms with E-state index in [0.717, 1.165) is 11.1 Å².